The van der Waals surface area contributed by atoms with Crippen LogP contribution in [0.25, 0.3) is 0 Å². The molecule has 1 saturated heterocycles. The second-order valence-electron chi connectivity index (χ2n) is 10.2. The molecule has 32 heavy (non-hydrogen) atoms. The molecule has 1 aliphatic heterocycles. The van der Waals surface area contributed by atoms with Gasteiger partial charge >= 0.3 is 5.97 Å². The first-order valence-electron chi connectivity index (χ1n) is 11.6. The van der Waals surface area contributed by atoms with Crippen molar-refractivity contribution in [1.82, 2.24) is 0 Å². The van der Waals surface area contributed by atoms with Crippen molar-refractivity contribution in [3.05, 3.63) is 35.9 Å². The first-order valence-corrected chi connectivity index (χ1v) is 11.6. The van der Waals surface area contributed by atoms with Crippen LogP contribution in [0.2, 0.25) is 0 Å². The van der Waals surface area contributed by atoms with Crippen LogP contribution in [0.5, 0.6) is 0 Å². The minimum atomic E-state index is -1.73. The highest BCUT2D eigenvalue weighted by Crippen LogP contribution is 2.52. The van der Waals surface area contributed by atoms with E-state index in [4.69, 9.17) is 9.47 Å². The zero-order valence-corrected chi connectivity index (χ0v) is 18.7. The van der Waals surface area contributed by atoms with Gasteiger partial charge in [-0.25, -0.2) is 4.79 Å². The molecule has 2 saturated carbocycles. The molecule has 1 aromatic carbocycles. The standard InChI is InChI=1S/C25H34O7/c1-25(2)17-12-16(32-24(30)22(29)20(27)14-7-4-3-5-8-14)13-18(25)21(28)23-15(11-19(17)26)9-6-10-31-23/h3-5,7-8,15-20,22-23,26-27,29H,6,9-13H2,1-2H3/t15-,16+,17+,18-,19-,20?,22?,23+/m0/s1. The number of ether oxygens (including phenoxy) is 2. The lowest BCUT2D eigenvalue weighted by molar-refractivity contribution is -0.184. The number of ketones is 1. The number of hydrogen-bond acceptors (Lipinski definition) is 7. The van der Waals surface area contributed by atoms with E-state index in [1.54, 1.807) is 30.3 Å². The van der Waals surface area contributed by atoms with Gasteiger partial charge in [-0.15, -0.1) is 0 Å². The molecular weight excluding hydrogens is 412 g/mol. The van der Waals surface area contributed by atoms with E-state index < -0.39 is 47.8 Å². The van der Waals surface area contributed by atoms with Crippen molar-refractivity contribution in [3.8, 4) is 0 Å². The predicted molar refractivity (Wildman–Crippen MR) is 115 cm³/mol. The number of carbonyl (C=O) groups excluding carboxylic acids is 2. The minimum absolute atomic E-state index is 0.0225. The normalized spacial score (nSPS) is 36.2. The summed E-state index contributed by atoms with van der Waals surface area (Å²) in [4.78, 5) is 26.1. The fraction of sp³-hybridized carbons (Fsp3) is 0.680. The second kappa shape index (κ2) is 9.21. The Balaban J connectivity index is 1.51. The largest absolute Gasteiger partial charge is 0.460 e. The second-order valence-corrected chi connectivity index (χ2v) is 10.2. The van der Waals surface area contributed by atoms with Gasteiger partial charge in [0.25, 0.3) is 0 Å². The van der Waals surface area contributed by atoms with Crippen molar-refractivity contribution < 1.29 is 34.4 Å². The minimum Gasteiger partial charge on any atom is -0.460 e. The van der Waals surface area contributed by atoms with E-state index in [-0.39, 0.29) is 17.6 Å². The maximum Gasteiger partial charge on any atom is 0.338 e. The molecule has 7 nitrogen and oxygen atoms in total. The molecule has 4 rings (SSSR count). The van der Waals surface area contributed by atoms with E-state index in [2.05, 4.69) is 0 Å². The molecule has 2 bridgehead atoms. The summed E-state index contributed by atoms with van der Waals surface area (Å²) in [7, 11) is 0. The average Bonchev–Trinajstić information content (AvgIpc) is 2.78. The van der Waals surface area contributed by atoms with Gasteiger partial charge < -0.3 is 24.8 Å². The number of carbonyl (C=O) groups is 2. The number of esters is 1. The highest BCUT2D eigenvalue weighted by Gasteiger charge is 2.55. The zero-order valence-electron chi connectivity index (χ0n) is 18.7. The first-order chi connectivity index (χ1) is 15.2. The summed E-state index contributed by atoms with van der Waals surface area (Å²) in [5.74, 6) is -1.51. The number of Topliss-reactive ketones (excluding diaryl/α,β-unsaturated/α-hetero) is 1. The van der Waals surface area contributed by atoms with Gasteiger partial charge in [-0.3, -0.25) is 4.79 Å². The number of fused-ring (bicyclic) bond motifs is 3. The third kappa shape index (κ3) is 4.36. The van der Waals surface area contributed by atoms with E-state index in [0.717, 1.165) is 12.8 Å². The SMILES string of the molecule is CC1(C)[C@@H]2C[C@@H](OC(=O)C(O)C(O)c3ccccc3)C[C@H]1C(=O)[C@@H]1OCCC[C@H]1C[C@@H]2O. The maximum absolute atomic E-state index is 13.5. The molecular formula is C25H34O7. The third-order valence-corrected chi connectivity index (χ3v) is 7.91. The smallest absolute Gasteiger partial charge is 0.338 e. The van der Waals surface area contributed by atoms with Crippen LogP contribution >= 0.6 is 0 Å². The van der Waals surface area contributed by atoms with Crippen molar-refractivity contribution in [2.24, 2.45) is 23.2 Å². The Labute approximate surface area is 188 Å². The quantitative estimate of drug-likeness (QED) is 0.608. The van der Waals surface area contributed by atoms with Crippen LogP contribution in [-0.2, 0) is 19.1 Å². The molecule has 2 aliphatic carbocycles. The summed E-state index contributed by atoms with van der Waals surface area (Å²) in [5.41, 5.74) is -0.0501. The third-order valence-electron chi connectivity index (χ3n) is 7.91. The Kier molecular flexibility index (Phi) is 6.73. The van der Waals surface area contributed by atoms with Crippen LogP contribution in [0, 0.1) is 23.2 Å². The average molecular weight is 447 g/mol. The molecule has 8 atom stereocenters. The summed E-state index contributed by atoms with van der Waals surface area (Å²) in [5, 5.41) is 31.8. The highest BCUT2D eigenvalue weighted by molar-refractivity contribution is 5.87. The summed E-state index contributed by atoms with van der Waals surface area (Å²) in [6.07, 6.45) is -1.93. The van der Waals surface area contributed by atoms with Crippen LogP contribution in [-0.4, -0.2) is 58.1 Å². The molecule has 3 aliphatic rings. The van der Waals surface area contributed by atoms with Crippen molar-refractivity contribution in [3.63, 3.8) is 0 Å². The van der Waals surface area contributed by atoms with Crippen LogP contribution in [0.1, 0.15) is 57.6 Å². The molecule has 3 N–H and O–H groups in total. The fourth-order valence-electron chi connectivity index (χ4n) is 6.01. The van der Waals surface area contributed by atoms with Gasteiger partial charge in [0.15, 0.2) is 11.9 Å². The molecule has 7 heteroatoms. The Hall–Kier alpha value is -1.80. The topological polar surface area (TPSA) is 113 Å². The summed E-state index contributed by atoms with van der Waals surface area (Å²) in [6, 6.07) is 8.44. The molecule has 176 valence electrons. The van der Waals surface area contributed by atoms with Crippen molar-refractivity contribution in [1.29, 1.82) is 0 Å². The van der Waals surface area contributed by atoms with Crippen molar-refractivity contribution in [2.45, 2.75) is 76.5 Å². The van der Waals surface area contributed by atoms with E-state index in [1.165, 1.54) is 0 Å². The van der Waals surface area contributed by atoms with Gasteiger partial charge in [-0.05, 0) is 54.9 Å². The molecule has 0 spiro atoms. The number of aliphatic hydroxyl groups is 3. The van der Waals surface area contributed by atoms with Crippen LogP contribution in [0.4, 0.5) is 0 Å². The lowest BCUT2D eigenvalue weighted by atomic mass is 9.55. The van der Waals surface area contributed by atoms with Gasteiger partial charge in [-0.2, -0.15) is 0 Å². The van der Waals surface area contributed by atoms with Crippen LogP contribution < -0.4 is 0 Å². The summed E-state index contributed by atoms with van der Waals surface area (Å²) < 4.78 is 11.5. The van der Waals surface area contributed by atoms with Gasteiger partial charge in [0.1, 0.15) is 18.3 Å². The summed E-state index contributed by atoms with van der Waals surface area (Å²) in [6.45, 7) is 4.54. The lowest BCUT2D eigenvalue weighted by Gasteiger charge is -2.52. The number of rotatable bonds is 4. The van der Waals surface area contributed by atoms with Gasteiger partial charge in [-0.1, -0.05) is 44.2 Å². The molecule has 3 fully saturated rings. The summed E-state index contributed by atoms with van der Waals surface area (Å²) >= 11 is 0. The van der Waals surface area contributed by atoms with Crippen LogP contribution in [0.3, 0.4) is 0 Å². The van der Waals surface area contributed by atoms with Gasteiger partial charge in [0.05, 0.1) is 6.10 Å². The Morgan fingerprint density at radius 3 is 2.59 bits per heavy atom. The Morgan fingerprint density at radius 2 is 1.88 bits per heavy atom. The monoisotopic (exact) mass is 446 g/mol. The van der Waals surface area contributed by atoms with E-state index in [9.17, 15) is 24.9 Å². The van der Waals surface area contributed by atoms with E-state index in [1.807, 2.05) is 13.8 Å². The van der Waals surface area contributed by atoms with Gasteiger partial charge in [0.2, 0.25) is 0 Å². The Morgan fingerprint density at radius 1 is 1.16 bits per heavy atom. The number of benzene rings is 1. The van der Waals surface area contributed by atoms with E-state index >= 15 is 0 Å². The molecule has 0 amide bonds. The van der Waals surface area contributed by atoms with Gasteiger partial charge in [0, 0.05) is 12.5 Å². The fourth-order valence-corrected chi connectivity index (χ4v) is 6.01. The molecule has 0 aromatic heterocycles. The van der Waals surface area contributed by atoms with Crippen molar-refractivity contribution >= 4 is 11.8 Å². The molecule has 1 aromatic rings. The molecule has 0 radical (unpaired) electrons. The highest BCUT2D eigenvalue weighted by atomic mass is 16.6. The maximum atomic E-state index is 13.5. The molecule has 1 heterocycles. The number of aliphatic hydroxyl groups excluding tert-OH is 3. The van der Waals surface area contributed by atoms with Crippen LogP contribution in [0.15, 0.2) is 30.3 Å². The van der Waals surface area contributed by atoms with E-state index in [0.29, 0.717) is 31.4 Å². The van der Waals surface area contributed by atoms with Crippen molar-refractivity contribution in [2.75, 3.05) is 6.61 Å². The first kappa shape index (κ1) is 23.4. The molecule has 2 unspecified atom stereocenters. The number of hydrogen-bond donors (Lipinski definition) is 3. The zero-order chi connectivity index (χ0) is 23.0. The Bertz CT molecular complexity index is 823. The predicted octanol–water partition coefficient (Wildman–Crippen LogP) is 2.17. The lowest BCUT2D eigenvalue weighted by Crippen LogP contribution is -2.57.